The van der Waals surface area contributed by atoms with Gasteiger partial charge in [0.15, 0.2) is 0 Å². The minimum absolute atomic E-state index is 0.0524. The Morgan fingerprint density at radius 1 is 1.00 bits per heavy atom. The van der Waals surface area contributed by atoms with Crippen LogP contribution in [0.2, 0.25) is 0 Å². The Morgan fingerprint density at radius 3 is 2.47 bits per heavy atom. The summed E-state index contributed by atoms with van der Waals surface area (Å²) in [6.07, 6.45) is 0. The molecule has 0 saturated heterocycles. The lowest BCUT2D eigenvalue weighted by Crippen LogP contribution is -2.07. The van der Waals surface area contributed by atoms with Crippen LogP contribution in [-0.4, -0.2) is 5.11 Å². The summed E-state index contributed by atoms with van der Waals surface area (Å²) < 4.78 is 5.65. The zero-order valence-electron chi connectivity index (χ0n) is 10.4. The third kappa shape index (κ3) is 1.80. The molecule has 0 spiro atoms. The fourth-order valence-corrected chi connectivity index (χ4v) is 2.27. The molecule has 1 N–H and O–H groups in total. The molecule has 19 heavy (non-hydrogen) atoms. The van der Waals surface area contributed by atoms with Crippen LogP contribution < -0.4 is 5.43 Å². The van der Waals surface area contributed by atoms with Crippen LogP contribution in [0, 0.1) is 6.92 Å². The van der Waals surface area contributed by atoms with Crippen molar-refractivity contribution in [2.75, 3.05) is 0 Å². The quantitative estimate of drug-likeness (QED) is 0.721. The van der Waals surface area contributed by atoms with E-state index < -0.39 is 0 Å². The number of hydrogen-bond acceptors (Lipinski definition) is 3. The number of benzene rings is 2. The summed E-state index contributed by atoms with van der Waals surface area (Å²) in [6, 6.07) is 14.1. The van der Waals surface area contributed by atoms with Crippen LogP contribution >= 0.6 is 0 Å². The van der Waals surface area contributed by atoms with Gasteiger partial charge in [-0.2, -0.15) is 0 Å². The van der Waals surface area contributed by atoms with Crippen molar-refractivity contribution < 1.29 is 9.52 Å². The molecule has 0 amide bonds. The fraction of sp³-hybridized carbons (Fsp3) is 0.0625. The summed E-state index contributed by atoms with van der Waals surface area (Å²) in [5.74, 6) is 0.498. The molecule has 0 fully saturated rings. The molecule has 0 aliphatic rings. The lowest BCUT2D eigenvalue weighted by Gasteiger charge is -2.07. The first-order valence-electron chi connectivity index (χ1n) is 5.99. The molecule has 3 heteroatoms. The molecule has 2 aromatic carbocycles. The van der Waals surface area contributed by atoms with E-state index in [1.807, 2.05) is 30.3 Å². The summed E-state index contributed by atoms with van der Waals surface area (Å²) in [5.41, 5.74) is 1.48. The third-order valence-electron chi connectivity index (χ3n) is 3.14. The van der Waals surface area contributed by atoms with Crippen molar-refractivity contribution in [3.05, 3.63) is 64.5 Å². The van der Waals surface area contributed by atoms with Crippen LogP contribution in [0.15, 0.2) is 57.7 Å². The SMILES string of the molecule is Cc1oc2cccc(O)c2c(=O)c1-c1ccccc1. The van der Waals surface area contributed by atoms with E-state index in [0.29, 0.717) is 16.9 Å². The monoisotopic (exact) mass is 252 g/mol. The number of phenols is 1. The van der Waals surface area contributed by atoms with Crippen LogP contribution in [-0.2, 0) is 0 Å². The molecule has 0 saturated carbocycles. The second kappa shape index (κ2) is 4.28. The standard InChI is InChI=1S/C16H12O3/c1-10-14(11-6-3-2-4-7-11)16(18)15-12(17)8-5-9-13(15)19-10/h2-9,17H,1H3. The molecule has 3 rings (SSSR count). The summed E-state index contributed by atoms with van der Waals surface area (Å²) in [6.45, 7) is 1.76. The first-order chi connectivity index (χ1) is 9.18. The van der Waals surface area contributed by atoms with Gasteiger partial charge in [-0.1, -0.05) is 36.4 Å². The second-order valence-electron chi connectivity index (χ2n) is 4.38. The topological polar surface area (TPSA) is 50.4 Å². The maximum Gasteiger partial charge on any atom is 0.204 e. The van der Waals surface area contributed by atoms with Gasteiger partial charge >= 0.3 is 0 Å². The highest BCUT2D eigenvalue weighted by molar-refractivity contribution is 5.87. The van der Waals surface area contributed by atoms with E-state index >= 15 is 0 Å². The molecule has 0 radical (unpaired) electrons. The highest BCUT2D eigenvalue weighted by atomic mass is 16.3. The summed E-state index contributed by atoms with van der Waals surface area (Å²) in [5, 5.41) is 10.1. The van der Waals surface area contributed by atoms with Crippen LogP contribution in [0.25, 0.3) is 22.1 Å². The Bertz CT molecular complexity index is 801. The Kier molecular flexibility index (Phi) is 2.60. The highest BCUT2D eigenvalue weighted by Gasteiger charge is 2.15. The summed E-state index contributed by atoms with van der Waals surface area (Å²) >= 11 is 0. The highest BCUT2D eigenvalue weighted by Crippen LogP contribution is 2.27. The largest absolute Gasteiger partial charge is 0.507 e. The predicted octanol–water partition coefficient (Wildman–Crippen LogP) is 3.47. The number of aromatic hydroxyl groups is 1. The van der Waals surface area contributed by atoms with Gasteiger partial charge in [0.25, 0.3) is 0 Å². The van der Waals surface area contributed by atoms with Gasteiger partial charge in [0.05, 0.1) is 5.56 Å². The van der Waals surface area contributed by atoms with Crippen LogP contribution in [0.4, 0.5) is 0 Å². The van der Waals surface area contributed by atoms with Crippen molar-refractivity contribution in [2.24, 2.45) is 0 Å². The minimum Gasteiger partial charge on any atom is -0.507 e. The molecule has 0 unspecified atom stereocenters. The smallest absolute Gasteiger partial charge is 0.204 e. The molecule has 0 aliphatic carbocycles. The number of hydrogen-bond donors (Lipinski definition) is 1. The van der Waals surface area contributed by atoms with Gasteiger partial charge in [0.1, 0.15) is 22.5 Å². The molecule has 94 valence electrons. The Balaban J connectivity index is 2.45. The van der Waals surface area contributed by atoms with Crippen LogP contribution in [0.1, 0.15) is 5.76 Å². The van der Waals surface area contributed by atoms with Gasteiger partial charge in [0, 0.05) is 0 Å². The van der Waals surface area contributed by atoms with E-state index in [1.165, 1.54) is 6.07 Å². The molecule has 0 bridgehead atoms. The maximum atomic E-state index is 12.6. The van der Waals surface area contributed by atoms with Crippen molar-refractivity contribution in [1.82, 2.24) is 0 Å². The van der Waals surface area contributed by atoms with E-state index in [4.69, 9.17) is 4.42 Å². The van der Waals surface area contributed by atoms with Gasteiger partial charge in [0.2, 0.25) is 5.43 Å². The van der Waals surface area contributed by atoms with Crippen molar-refractivity contribution in [2.45, 2.75) is 6.92 Å². The van der Waals surface area contributed by atoms with E-state index in [9.17, 15) is 9.90 Å². The summed E-state index contributed by atoms with van der Waals surface area (Å²) in [7, 11) is 0. The molecular formula is C16H12O3. The first kappa shape index (κ1) is 11.5. The Morgan fingerprint density at radius 2 is 1.74 bits per heavy atom. The van der Waals surface area contributed by atoms with Gasteiger partial charge in [-0.3, -0.25) is 4.79 Å². The van der Waals surface area contributed by atoms with E-state index in [2.05, 4.69) is 0 Å². The number of phenolic OH excluding ortho intramolecular Hbond substituents is 1. The minimum atomic E-state index is -0.206. The normalized spacial score (nSPS) is 10.8. The van der Waals surface area contributed by atoms with Crippen molar-refractivity contribution in [1.29, 1.82) is 0 Å². The second-order valence-corrected chi connectivity index (χ2v) is 4.38. The zero-order chi connectivity index (χ0) is 13.4. The average Bonchev–Trinajstić information content (AvgIpc) is 2.39. The zero-order valence-corrected chi connectivity index (χ0v) is 10.4. The predicted molar refractivity (Wildman–Crippen MR) is 74.3 cm³/mol. The number of fused-ring (bicyclic) bond motifs is 1. The van der Waals surface area contributed by atoms with E-state index in [0.717, 1.165) is 5.56 Å². The van der Waals surface area contributed by atoms with E-state index in [-0.39, 0.29) is 16.6 Å². The van der Waals surface area contributed by atoms with Crippen molar-refractivity contribution >= 4 is 11.0 Å². The van der Waals surface area contributed by atoms with Crippen LogP contribution in [0.3, 0.4) is 0 Å². The first-order valence-corrected chi connectivity index (χ1v) is 5.99. The van der Waals surface area contributed by atoms with E-state index in [1.54, 1.807) is 19.1 Å². The van der Waals surface area contributed by atoms with Crippen LogP contribution in [0.5, 0.6) is 5.75 Å². The summed E-state index contributed by atoms with van der Waals surface area (Å²) in [4.78, 5) is 12.6. The Labute approximate surface area is 109 Å². The van der Waals surface area contributed by atoms with Gasteiger partial charge < -0.3 is 9.52 Å². The lowest BCUT2D eigenvalue weighted by atomic mass is 10.0. The fourth-order valence-electron chi connectivity index (χ4n) is 2.27. The maximum absolute atomic E-state index is 12.6. The molecule has 0 atom stereocenters. The van der Waals surface area contributed by atoms with Crippen molar-refractivity contribution in [3.8, 4) is 16.9 Å². The third-order valence-corrected chi connectivity index (χ3v) is 3.14. The molecule has 0 aliphatic heterocycles. The van der Waals surface area contributed by atoms with Gasteiger partial charge in [-0.25, -0.2) is 0 Å². The Hall–Kier alpha value is -2.55. The molecule has 3 nitrogen and oxygen atoms in total. The molecular weight excluding hydrogens is 240 g/mol. The van der Waals surface area contributed by atoms with Gasteiger partial charge in [-0.05, 0) is 24.6 Å². The number of rotatable bonds is 1. The van der Waals surface area contributed by atoms with Gasteiger partial charge in [-0.15, -0.1) is 0 Å². The molecule has 3 aromatic rings. The lowest BCUT2D eigenvalue weighted by molar-refractivity contribution is 0.479. The molecule has 1 heterocycles. The molecule has 1 aromatic heterocycles. The number of aryl methyl sites for hydroxylation is 1. The average molecular weight is 252 g/mol. The van der Waals surface area contributed by atoms with Crippen molar-refractivity contribution in [3.63, 3.8) is 0 Å².